The van der Waals surface area contributed by atoms with Gasteiger partial charge in [0, 0.05) is 10.2 Å². The number of nitrogens with zero attached hydrogens (tertiary/aromatic N) is 1. The van der Waals surface area contributed by atoms with E-state index in [9.17, 15) is 0 Å². The second-order valence-electron chi connectivity index (χ2n) is 4.00. The summed E-state index contributed by atoms with van der Waals surface area (Å²) < 4.78 is 0.952. The maximum atomic E-state index is 8.91. The minimum Gasteiger partial charge on any atom is -0.397 e. The van der Waals surface area contributed by atoms with Gasteiger partial charge in [-0.05, 0) is 42.8 Å². The number of hydrogen-bond acceptors (Lipinski definition) is 3. The number of rotatable bonds is 2. The number of nitrogen functional groups attached to an aromatic ring is 1. The van der Waals surface area contributed by atoms with E-state index in [1.165, 1.54) is 0 Å². The summed E-state index contributed by atoms with van der Waals surface area (Å²) in [6, 6.07) is 13.3. The van der Waals surface area contributed by atoms with E-state index >= 15 is 0 Å². The zero-order valence-electron chi connectivity index (χ0n) is 9.87. The summed E-state index contributed by atoms with van der Waals surface area (Å²) in [5, 5.41) is 12.2. The average molecular weight is 302 g/mol. The maximum Gasteiger partial charge on any atom is 0.0992 e. The molecule has 3 nitrogen and oxygen atoms in total. The summed E-state index contributed by atoms with van der Waals surface area (Å²) in [4.78, 5) is 0. The SMILES string of the molecule is Cc1ccc(C#N)cc1Nc1cc(Br)ccc1N. The van der Waals surface area contributed by atoms with Gasteiger partial charge in [0.2, 0.25) is 0 Å². The third-order valence-electron chi connectivity index (χ3n) is 2.65. The lowest BCUT2D eigenvalue weighted by Gasteiger charge is -2.12. The molecule has 0 aliphatic heterocycles. The predicted molar refractivity (Wildman–Crippen MR) is 77.7 cm³/mol. The van der Waals surface area contributed by atoms with E-state index in [1.807, 2.05) is 37.3 Å². The molecule has 4 heteroatoms. The highest BCUT2D eigenvalue weighted by molar-refractivity contribution is 9.10. The molecular formula is C14H12BrN3. The monoisotopic (exact) mass is 301 g/mol. The molecule has 2 aromatic rings. The standard InChI is InChI=1S/C14H12BrN3/c1-9-2-3-10(8-16)6-13(9)18-14-7-11(15)4-5-12(14)17/h2-7,18H,17H2,1H3. The van der Waals surface area contributed by atoms with Gasteiger partial charge in [0.25, 0.3) is 0 Å². The lowest BCUT2D eigenvalue weighted by atomic mass is 10.1. The molecular weight excluding hydrogens is 290 g/mol. The van der Waals surface area contributed by atoms with E-state index in [1.54, 1.807) is 6.07 Å². The zero-order chi connectivity index (χ0) is 13.1. The molecule has 2 aromatic carbocycles. The maximum absolute atomic E-state index is 8.91. The number of nitrogens with two attached hydrogens (primary N) is 1. The van der Waals surface area contributed by atoms with Crippen molar-refractivity contribution in [2.45, 2.75) is 6.92 Å². The normalized spacial score (nSPS) is 9.83. The van der Waals surface area contributed by atoms with Crippen LogP contribution in [0.5, 0.6) is 0 Å². The largest absolute Gasteiger partial charge is 0.397 e. The van der Waals surface area contributed by atoms with E-state index in [4.69, 9.17) is 11.0 Å². The first-order chi connectivity index (χ1) is 8.60. The van der Waals surface area contributed by atoms with Gasteiger partial charge >= 0.3 is 0 Å². The van der Waals surface area contributed by atoms with E-state index in [-0.39, 0.29) is 0 Å². The van der Waals surface area contributed by atoms with Gasteiger partial charge in [-0.3, -0.25) is 0 Å². The number of aryl methyl sites for hydroxylation is 1. The van der Waals surface area contributed by atoms with Crippen molar-refractivity contribution in [3.05, 3.63) is 52.0 Å². The highest BCUT2D eigenvalue weighted by atomic mass is 79.9. The topological polar surface area (TPSA) is 61.8 Å². The van der Waals surface area contributed by atoms with Crippen molar-refractivity contribution in [3.63, 3.8) is 0 Å². The number of anilines is 3. The number of benzene rings is 2. The third-order valence-corrected chi connectivity index (χ3v) is 3.14. The lowest BCUT2D eigenvalue weighted by molar-refractivity contribution is 1.40. The van der Waals surface area contributed by atoms with Crippen LogP contribution < -0.4 is 11.1 Å². The van der Waals surface area contributed by atoms with Crippen molar-refractivity contribution < 1.29 is 0 Å². The first kappa shape index (κ1) is 12.5. The molecule has 0 aliphatic rings. The quantitative estimate of drug-likeness (QED) is 0.826. The second-order valence-corrected chi connectivity index (χ2v) is 4.91. The van der Waals surface area contributed by atoms with E-state index in [0.717, 1.165) is 21.4 Å². The molecule has 90 valence electrons. The van der Waals surface area contributed by atoms with Crippen molar-refractivity contribution in [2.75, 3.05) is 11.1 Å². The smallest absolute Gasteiger partial charge is 0.0992 e. The van der Waals surface area contributed by atoms with Gasteiger partial charge in [-0.2, -0.15) is 5.26 Å². The molecule has 0 saturated carbocycles. The van der Waals surface area contributed by atoms with Crippen LogP contribution in [0.25, 0.3) is 0 Å². The number of nitriles is 1. The molecule has 0 radical (unpaired) electrons. The minimum atomic E-state index is 0.622. The summed E-state index contributed by atoms with van der Waals surface area (Å²) in [5.41, 5.74) is 9.97. The fourth-order valence-corrected chi connectivity index (χ4v) is 1.97. The first-order valence-electron chi connectivity index (χ1n) is 5.43. The lowest BCUT2D eigenvalue weighted by Crippen LogP contribution is -1.98. The Morgan fingerprint density at radius 1 is 1.17 bits per heavy atom. The Labute approximate surface area is 114 Å². The number of hydrogen-bond donors (Lipinski definition) is 2. The van der Waals surface area contributed by atoms with Crippen molar-refractivity contribution in [2.24, 2.45) is 0 Å². The van der Waals surface area contributed by atoms with Crippen LogP contribution in [0, 0.1) is 18.3 Å². The van der Waals surface area contributed by atoms with Gasteiger partial charge in [0.1, 0.15) is 0 Å². The summed E-state index contributed by atoms with van der Waals surface area (Å²) in [6.45, 7) is 1.98. The molecule has 0 spiro atoms. The Hall–Kier alpha value is -1.99. The fourth-order valence-electron chi connectivity index (χ4n) is 1.61. The van der Waals surface area contributed by atoms with Gasteiger partial charge in [-0.15, -0.1) is 0 Å². The van der Waals surface area contributed by atoms with Gasteiger partial charge in [-0.25, -0.2) is 0 Å². The zero-order valence-corrected chi connectivity index (χ0v) is 11.5. The van der Waals surface area contributed by atoms with Crippen LogP contribution >= 0.6 is 15.9 Å². The van der Waals surface area contributed by atoms with Crippen LogP contribution in [0.3, 0.4) is 0 Å². The Morgan fingerprint density at radius 3 is 2.67 bits per heavy atom. The second kappa shape index (κ2) is 5.11. The Morgan fingerprint density at radius 2 is 1.94 bits per heavy atom. The molecule has 0 aliphatic carbocycles. The third kappa shape index (κ3) is 2.63. The summed E-state index contributed by atoms with van der Waals surface area (Å²) in [7, 11) is 0. The molecule has 0 amide bonds. The van der Waals surface area contributed by atoms with E-state index in [0.29, 0.717) is 11.3 Å². The average Bonchev–Trinajstić information content (AvgIpc) is 2.36. The molecule has 0 bridgehead atoms. The molecule has 0 saturated heterocycles. The molecule has 2 rings (SSSR count). The van der Waals surface area contributed by atoms with Crippen molar-refractivity contribution in [3.8, 4) is 6.07 Å². The Bertz CT molecular complexity index is 629. The van der Waals surface area contributed by atoms with Crippen LogP contribution in [-0.2, 0) is 0 Å². The summed E-state index contributed by atoms with van der Waals surface area (Å²) >= 11 is 3.41. The van der Waals surface area contributed by atoms with Crippen LogP contribution in [0.2, 0.25) is 0 Å². The summed E-state index contributed by atoms with van der Waals surface area (Å²) in [5.74, 6) is 0. The predicted octanol–water partition coefficient (Wildman–Crippen LogP) is 3.96. The van der Waals surface area contributed by atoms with Gasteiger partial charge < -0.3 is 11.1 Å². The van der Waals surface area contributed by atoms with E-state index in [2.05, 4.69) is 27.3 Å². The van der Waals surface area contributed by atoms with Crippen LogP contribution in [0.15, 0.2) is 40.9 Å². The Balaban J connectivity index is 2.39. The van der Waals surface area contributed by atoms with Crippen molar-refractivity contribution in [1.82, 2.24) is 0 Å². The van der Waals surface area contributed by atoms with Crippen LogP contribution in [0.4, 0.5) is 17.1 Å². The highest BCUT2D eigenvalue weighted by Gasteiger charge is 2.04. The van der Waals surface area contributed by atoms with Gasteiger partial charge in [0.15, 0.2) is 0 Å². The number of nitrogens with one attached hydrogen (secondary N) is 1. The first-order valence-corrected chi connectivity index (χ1v) is 6.22. The van der Waals surface area contributed by atoms with Crippen molar-refractivity contribution >= 4 is 33.0 Å². The molecule has 0 aromatic heterocycles. The highest BCUT2D eigenvalue weighted by Crippen LogP contribution is 2.28. The van der Waals surface area contributed by atoms with E-state index < -0.39 is 0 Å². The van der Waals surface area contributed by atoms with Crippen molar-refractivity contribution in [1.29, 1.82) is 5.26 Å². The minimum absolute atomic E-state index is 0.622. The fraction of sp³-hybridized carbons (Fsp3) is 0.0714. The van der Waals surface area contributed by atoms with Gasteiger partial charge in [-0.1, -0.05) is 22.0 Å². The molecule has 0 fully saturated rings. The van der Waals surface area contributed by atoms with Crippen LogP contribution in [-0.4, -0.2) is 0 Å². The molecule has 0 atom stereocenters. The molecule has 0 heterocycles. The van der Waals surface area contributed by atoms with Crippen LogP contribution in [0.1, 0.15) is 11.1 Å². The summed E-state index contributed by atoms with van der Waals surface area (Å²) in [6.07, 6.45) is 0. The molecule has 18 heavy (non-hydrogen) atoms. The Kier molecular flexibility index (Phi) is 3.54. The molecule has 3 N–H and O–H groups in total. The number of halogens is 1. The molecule has 0 unspecified atom stereocenters. The van der Waals surface area contributed by atoms with Gasteiger partial charge in [0.05, 0.1) is 23.0 Å².